The Labute approximate surface area is 400 Å². The molecule has 6 heteroatoms. The predicted molar refractivity (Wildman–Crippen MR) is 281 cm³/mol. The molecule has 6 nitrogen and oxygen atoms in total. The van der Waals surface area contributed by atoms with Crippen molar-refractivity contribution >= 4 is 65.8 Å². The number of fused-ring (bicyclic) bond motifs is 12. The number of benzene rings is 10. The first kappa shape index (κ1) is 38.7. The van der Waals surface area contributed by atoms with Crippen LogP contribution in [0.5, 0.6) is 0 Å². The molecule has 0 amide bonds. The minimum atomic E-state index is -0.513. The van der Waals surface area contributed by atoms with Gasteiger partial charge in [-0.1, -0.05) is 164 Å². The molecule has 0 saturated carbocycles. The average molecular weight is 896 g/mol. The molecule has 0 N–H and O–H groups in total. The van der Waals surface area contributed by atoms with Gasteiger partial charge in [0.1, 0.15) is 33.5 Å². The quantitative estimate of drug-likeness (QED) is 0.165. The van der Waals surface area contributed by atoms with Crippen molar-refractivity contribution in [3.05, 3.63) is 247 Å². The van der Waals surface area contributed by atoms with Crippen LogP contribution in [0.2, 0.25) is 0 Å². The van der Waals surface area contributed by atoms with Crippen LogP contribution in [-0.2, 0) is 5.41 Å². The van der Waals surface area contributed by atoms with Crippen LogP contribution in [0, 0.1) is 0 Å². The zero-order valence-corrected chi connectivity index (χ0v) is 37.4. The number of aromatic nitrogens is 3. The van der Waals surface area contributed by atoms with E-state index in [0.29, 0.717) is 17.5 Å². The summed E-state index contributed by atoms with van der Waals surface area (Å²) in [5.74, 6) is 1.62. The SMILES string of the molecule is c1ccc(C2(c3ccccc3)c3ccccc3-c3ccc(-c4ccc5oc6cccc(-c7nc(-c8ccc9oc%10ccccc%10c9c8)nc(-c8cccc9oc%10ccccc%10c89)n7)c6c5c4)cc32)cc1. The Bertz CT molecular complexity index is 4390. The third kappa shape index (κ3) is 5.59. The fraction of sp³-hybridized carbons (Fsp3) is 0.0156. The lowest BCUT2D eigenvalue weighted by molar-refractivity contribution is 0.668. The second kappa shape index (κ2) is 14.8. The van der Waals surface area contributed by atoms with Crippen molar-refractivity contribution in [1.29, 1.82) is 0 Å². The highest BCUT2D eigenvalue weighted by atomic mass is 16.3. The Morgan fingerprint density at radius 3 is 1.44 bits per heavy atom. The van der Waals surface area contributed by atoms with Crippen molar-refractivity contribution in [2.45, 2.75) is 5.41 Å². The van der Waals surface area contributed by atoms with Crippen LogP contribution < -0.4 is 0 Å². The van der Waals surface area contributed by atoms with Crippen molar-refractivity contribution in [1.82, 2.24) is 15.0 Å². The normalized spacial score (nSPS) is 13.0. The van der Waals surface area contributed by atoms with E-state index in [2.05, 4.69) is 152 Å². The molecule has 0 radical (unpaired) electrons. The fourth-order valence-corrected chi connectivity index (χ4v) is 11.4. The molecule has 4 heterocycles. The number of para-hydroxylation sites is 2. The topological polar surface area (TPSA) is 78.1 Å². The highest BCUT2D eigenvalue weighted by Crippen LogP contribution is 2.57. The first-order valence-electron chi connectivity index (χ1n) is 23.6. The standard InChI is InChI=1S/C64H37N3O3/c1-3-15-41(16-4-1)64(42-17-5-2-6-18-42)51-24-10-7-19-43(51)44-32-29-39(37-52(44)64)38-30-33-56-50(35-38)60-48(23-14-28-58(60)70-56)63-66-61(40-31-34-55-49(36-40)45-20-8-11-25-53(45)68-55)65-62(67-63)47-22-13-27-57-59(47)46-21-9-12-26-54(46)69-57/h1-37H. The minimum absolute atomic E-state index is 0.513. The van der Waals surface area contributed by atoms with Gasteiger partial charge in [0.25, 0.3) is 0 Å². The van der Waals surface area contributed by atoms with Gasteiger partial charge in [-0.15, -0.1) is 0 Å². The van der Waals surface area contributed by atoms with E-state index in [1.54, 1.807) is 0 Å². The minimum Gasteiger partial charge on any atom is -0.456 e. The number of rotatable bonds is 6. The maximum atomic E-state index is 6.68. The highest BCUT2D eigenvalue weighted by Gasteiger charge is 2.46. The van der Waals surface area contributed by atoms with Crippen LogP contribution in [-0.4, -0.2) is 15.0 Å². The van der Waals surface area contributed by atoms with Gasteiger partial charge in [0.15, 0.2) is 17.5 Å². The van der Waals surface area contributed by atoms with Gasteiger partial charge >= 0.3 is 0 Å². The molecule has 70 heavy (non-hydrogen) atoms. The Kier molecular flexibility index (Phi) is 8.18. The van der Waals surface area contributed by atoms with Crippen molar-refractivity contribution in [3.63, 3.8) is 0 Å². The number of hydrogen-bond donors (Lipinski definition) is 0. The zero-order valence-electron chi connectivity index (χ0n) is 37.4. The molecule has 0 unspecified atom stereocenters. The number of nitrogens with zero attached hydrogens (tertiary/aromatic N) is 3. The van der Waals surface area contributed by atoms with Gasteiger partial charge in [0, 0.05) is 49.0 Å². The lowest BCUT2D eigenvalue weighted by Gasteiger charge is -2.34. The lowest BCUT2D eigenvalue weighted by Crippen LogP contribution is -2.28. The summed E-state index contributed by atoms with van der Waals surface area (Å²) in [7, 11) is 0. The Balaban J connectivity index is 0.943. The first-order chi connectivity index (χ1) is 34.7. The zero-order chi connectivity index (χ0) is 45.9. The lowest BCUT2D eigenvalue weighted by atomic mass is 9.67. The van der Waals surface area contributed by atoms with Gasteiger partial charge < -0.3 is 13.3 Å². The maximum absolute atomic E-state index is 6.68. The second-order valence-electron chi connectivity index (χ2n) is 18.2. The molecule has 326 valence electrons. The summed E-state index contributed by atoms with van der Waals surface area (Å²) < 4.78 is 19.3. The molecule has 10 aromatic carbocycles. The summed E-state index contributed by atoms with van der Waals surface area (Å²) in [5, 5.41) is 5.89. The van der Waals surface area contributed by atoms with Crippen LogP contribution in [0.15, 0.2) is 238 Å². The van der Waals surface area contributed by atoms with Crippen LogP contribution >= 0.6 is 0 Å². The molecule has 0 saturated heterocycles. The Morgan fingerprint density at radius 2 is 0.729 bits per heavy atom. The molecule has 0 spiro atoms. The summed E-state index contributed by atoms with van der Waals surface area (Å²) in [6.07, 6.45) is 0. The van der Waals surface area contributed by atoms with Crippen molar-refractivity contribution in [2.24, 2.45) is 0 Å². The Morgan fingerprint density at radius 1 is 0.271 bits per heavy atom. The van der Waals surface area contributed by atoms with E-state index in [-0.39, 0.29) is 0 Å². The average Bonchev–Trinajstić information content (AvgIpc) is 4.19. The van der Waals surface area contributed by atoms with Crippen LogP contribution in [0.3, 0.4) is 0 Å². The molecule has 15 rings (SSSR count). The van der Waals surface area contributed by atoms with Gasteiger partial charge in [-0.05, 0) is 105 Å². The summed E-state index contributed by atoms with van der Waals surface area (Å²) in [6.45, 7) is 0. The van der Waals surface area contributed by atoms with Crippen molar-refractivity contribution in [3.8, 4) is 56.4 Å². The van der Waals surface area contributed by atoms with E-state index in [0.717, 1.165) is 93.6 Å². The van der Waals surface area contributed by atoms with E-state index < -0.39 is 5.41 Å². The smallest absolute Gasteiger partial charge is 0.164 e. The predicted octanol–water partition coefficient (Wildman–Crippen LogP) is 16.6. The maximum Gasteiger partial charge on any atom is 0.164 e. The van der Waals surface area contributed by atoms with Crippen molar-refractivity contribution < 1.29 is 13.3 Å². The van der Waals surface area contributed by atoms with E-state index in [1.807, 2.05) is 72.8 Å². The highest BCUT2D eigenvalue weighted by molar-refractivity contribution is 6.14. The van der Waals surface area contributed by atoms with Crippen LogP contribution in [0.1, 0.15) is 22.3 Å². The third-order valence-corrected chi connectivity index (χ3v) is 14.4. The van der Waals surface area contributed by atoms with E-state index >= 15 is 0 Å². The molecule has 4 aromatic heterocycles. The molecule has 14 aromatic rings. The van der Waals surface area contributed by atoms with Gasteiger partial charge in [-0.3, -0.25) is 0 Å². The summed E-state index contributed by atoms with van der Waals surface area (Å²) >= 11 is 0. The Hall–Kier alpha value is -9.39. The third-order valence-electron chi connectivity index (χ3n) is 14.4. The fourth-order valence-electron chi connectivity index (χ4n) is 11.4. The molecule has 0 aliphatic heterocycles. The summed E-state index contributed by atoms with van der Waals surface area (Å²) in [5.41, 5.74) is 16.5. The van der Waals surface area contributed by atoms with Gasteiger partial charge in [-0.2, -0.15) is 0 Å². The molecule has 0 atom stereocenters. The molecular weight excluding hydrogens is 859 g/mol. The molecule has 0 bridgehead atoms. The van der Waals surface area contributed by atoms with Crippen LogP contribution in [0.25, 0.3) is 122 Å². The van der Waals surface area contributed by atoms with Crippen LogP contribution in [0.4, 0.5) is 0 Å². The molecular formula is C64H37N3O3. The molecule has 1 aliphatic rings. The van der Waals surface area contributed by atoms with Crippen molar-refractivity contribution in [2.75, 3.05) is 0 Å². The molecule has 1 aliphatic carbocycles. The van der Waals surface area contributed by atoms with E-state index in [9.17, 15) is 0 Å². The largest absolute Gasteiger partial charge is 0.456 e. The summed E-state index contributed by atoms with van der Waals surface area (Å²) in [6, 6.07) is 78.8. The second-order valence-corrected chi connectivity index (χ2v) is 18.2. The van der Waals surface area contributed by atoms with Gasteiger partial charge in [0.05, 0.1) is 5.41 Å². The first-order valence-corrected chi connectivity index (χ1v) is 23.6. The van der Waals surface area contributed by atoms with E-state index in [4.69, 9.17) is 28.2 Å². The van der Waals surface area contributed by atoms with E-state index in [1.165, 1.54) is 33.4 Å². The number of hydrogen-bond acceptors (Lipinski definition) is 6. The summed E-state index contributed by atoms with van der Waals surface area (Å²) in [4.78, 5) is 16.0. The monoisotopic (exact) mass is 895 g/mol. The van der Waals surface area contributed by atoms with Gasteiger partial charge in [0.2, 0.25) is 0 Å². The number of furan rings is 3. The van der Waals surface area contributed by atoms with Gasteiger partial charge in [-0.25, -0.2) is 15.0 Å². The molecule has 0 fully saturated rings.